The van der Waals surface area contributed by atoms with E-state index in [1.54, 1.807) is 24.3 Å². The number of aromatic carboxylic acids is 1. The van der Waals surface area contributed by atoms with Crippen LogP contribution < -0.4 is 10.0 Å². The van der Waals surface area contributed by atoms with Gasteiger partial charge in [0.15, 0.2) is 0 Å². The fourth-order valence-corrected chi connectivity index (χ4v) is 4.99. The van der Waals surface area contributed by atoms with E-state index < -0.39 is 13.6 Å². The molecule has 0 aliphatic carbocycles. The number of carboxylic acid groups (broad SMARTS) is 1. The van der Waals surface area contributed by atoms with E-state index in [0.29, 0.717) is 23.7 Å². The SMILES string of the molecule is CCOc1cc(-c2ccc(C(=O)O)o2)cc(P(=O)(OCc2ccccc2)OCc2ccccc2)c1. The van der Waals surface area contributed by atoms with Gasteiger partial charge in [-0.2, -0.15) is 0 Å². The third-order valence-electron chi connectivity index (χ3n) is 5.11. The fourth-order valence-electron chi connectivity index (χ4n) is 3.40. The molecule has 0 saturated heterocycles. The van der Waals surface area contributed by atoms with Gasteiger partial charge in [-0.25, -0.2) is 4.79 Å². The van der Waals surface area contributed by atoms with Crippen LogP contribution in [0.1, 0.15) is 28.6 Å². The standard InChI is InChI=1S/C27H25O7P/c1-2-31-23-15-22(25-13-14-26(34-25)27(28)29)16-24(17-23)35(30,32-18-20-9-5-3-6-10-20)33-19-21-11-7-4-8-12-21/h3-17H,2,18-19H2,1H3,(H,28,29). The van der Waals surface area contributed by atoms with Gasteiger partial charge in [0.05, 0.1) is 25.1 Å². The Labute approximate surface area is 203 Å². The van der Waals surface area contributed by atoms with Crippen molar-refractivity contribution in [1.82, 2.24) is 0 Å². The van der Waals surface area contributed by atoms with Crippen LogP contribution in [0, 0.1) is 0 Å². The second kappa shape index (κ2) is 11.2. The number of hydrogen-bond donors (Lipinski definition) is 1. The zero-order valence-electron chi connectivity index (χ0n) is 19.1. The molecule has 1 N–H and O–H groups in total. The fraction of sp³-hybridized carbons (Fsp3) is 0.148. The topological polar surface area (TPSA) is 95.2 Å². The molecule has 180 valence electrons. The Bertz CT molecular complexity index is 1270. The highest BCUT2D eigenvalue weighted by Crippen LogP contribution is 2.50. The van der Waals surface area contributed by atoms with Crippen LogP contribution >= 0.6 is 7.60 Å². The Morgan fingerprint density at radius 1 is 0.857 bits per heavy atom. The van der Waals surface area contributed by atoms with Crippen molar-refractivity contribution in [1.29, 1.82) is 0 Å². The predicted molar refractivity (Wildman–Crippen MR) is 132 cm³/mol. The summed E-state index contributed by atoms with van der Waals surface area (Å²) in [7, 11) is -3.85. The molecule has 0 unspecified atom stereocenters. The number of benzene rings is 3. The number of furan rings is 1. The van der Waals surface area contributed by atoms with Crippen molar-refractivity contribution in [2.24, 2.45) is 0 Å². The highest BCUT2D eigenvalue weighted by atomic mass is 31.2. The summed E-state index contributed by atoms with van der Waals surface area (Å²) >= 11 is 0. The Hall–Kier alpha value is -3.64. The van der Waals surface area contributed by atoms with Gasteiger partial charge >= 0.3 is 13.6 Å². The highest BCUT2D eigenvalue weighted by molar-refractivity contribution is 7.62. The molecule has 1 heterocycles. The summed E-state index contributed by atoms with van der Waals surface area (Å²) in [5.41, 5.74) is 2.18. The van der Waals surface area contributed by atoms with Crippen LogP contribution in [0.4, 0.5) is 0 Å². The Morgan fingerprint density at radius 3 is 1.97 bits per heavy atom. The van der Waals surface area contributed by atoms with Crippen molar-refractivity contribution in [3.8, 4) is 17.1 Å². The third kappa shape index (κ3) is 6.28. The second-order valence-electron chi connectivity index (χ2n) is 7.63. The van der Waals surface area contributed by atoms with Crippen LogP contribution in [0.5, 0.6) is 5.75 Å². The molecule has 0 atom stereocenters. The lowest BCUT2D eigenvalue weighted by atomic mass is 10.1. The highest BCUT2D eigenvalue weighted by Gasteiger charge is 2.30. The molecular formula is C27H25O7P. The summed E-state index contributed by atoms with van der Waals surface area (Å²) in [6.07, 6.45) is 0. The van der Waals surface area contributed by atoms with Gasteiger partial charge < -0.3 is 23.3 Å². The van der Waals surface area contributed by atoms with E-state index in [1.807, 2.05) is 67.6 Å². The average molecular weight is 492 g/mol. The van der Waals surface area contributed by atoms with Crippen molar-refractivity contribution in [2.45, 2.75) is 20.1 Å². The maximum atomic E-state index is 14.2. The van der Waals surface area contributed by atoms with Gasteiger partial charge in [0.2, 0.25) is 5.76 Å². The lowest BCUT2D eigenvalue weighted by molar-refractivity contribution is 0.0663. The van der Waals surface area contributed by atoms with Gasteiger partial charge in [0.25, 0.3) is 0 Å². The molecule has 1 aromatic heterocycles. The van der Waals surface area contributed by atoms with E-state index in [0.717, 1.165) is 11.1 Å². The van der Waals surface area contributed by atoms with E-state index in [9.17, 15) is 14.5 Å². The largest absolute Gasteiger partial charge is 0.494 e. The smallest absolute Gasteiger partial charge is 0.371 e. The molecule has 0 fully saturated rings. The minimum absolute atomic E-state index is 0.0744. The van der Waals surface area contributed by atoms with E-state index in [2.05, 4.69) is 0 Å². The summed E-state index contributed by atoms with van der Waals surface area (Å²) in [4.78, 5) is 11.3. The minimum atomic E-state index is -3.85. The zero-order chi connectivity index (χ0) is 24.7. The second-order valence-corrected chi connectivity index (χ2v) is 9.66. The number of carboxylic acids is 1. The van der Waals surface area contributed by atoms with Crippen LogP contribution in [0.15, 0.2) is 95.4 Å². The lowest BCUT2D eigenvalue weighted by Crippen LogP contribution is -2.12. The van der Waals surface area contributed by atoms with Gasteiger partial charge in [0, 0.05) is 5.56 Å². The van der Waals surface area contributed by atoms with Crippen LogP contribution in [0.3, 0.4) is 0 Å². The molecule has 35 heavy (non-hydrogen) atoms. The summed E-state index contributed by atoms with van der Waals surface area (Å²) in [6, 6.07) is 26.6. The van der Waals surface area contributed by atoms with Gasteiger partial charge in [0.1, 0.15) is 11.5 Å². The first-order chi connectivity index (χ1) is 17.0. The third-order valence-corrected chi connectivity index (χ3v) is 6.94. The Kier molecular flexibility index (Phi) is 7.83. The van der Waals surface area contributed by atoms with Gasteiger partial charge in [-0.3, -0.25) is 4.57 Å². The average Bonchev–Trinajstić information content (AvgIpc) is 3.39. The van der Waals surface area contributed by atoms with Gasteiger partial charge in [-0.1, -0.05) is 60.7 Å². The molecule has 0 amide bonds. The number of carbonyl (C=O) groups is 1. The monoisotopic (exact) mass is 492 g/mol. The van der Waals surface area contributed by atoms with Gasteiger partial charge in [-0.15, -0.1) is 0 Å². The first-order valence-corrected chi connectivity index (χ1v) is 12.6. The molecule has 0 aliphatic rings. The summed E-state index contributed by atoms with van der Waals surface area (Å²) in [6.45, 7) is 2.36. The summed E-state index contributed by atoms with van der Waals surface area (Å²) < 4.78 is 37.2. The van der Waals surface area contributed by atoms with Crippen molar-refractivity contribution < 1.29 is 32.7 Å². The molecule has 4 rings (SSSR count). The van der Waals surface area contributed by atoms with E-state index in [-0.39, 0.29) is 24.3 Å². The first-order valence-electron chi connectivity index (χ1n) is 11.1. The van der Waals surface area contributed by atoms with Crippen molar-refractivity contribution in [3.05, 3.63) is 108 Å². The quantitative estimate of drug-likeness (QED) is 0.246. The summed E-state index contributed by atoms with van der Waals surface area (Å²) in [5, 5.41) is 9.50. The predicted octanol–water partition coefficient (Wildman–Crippen LogP) is 6.30. The molecule has 7 nitrogen and oxygen atoms in total. The first kappa shape index (κ1) is 24.5. The molecule has 8 heteroatoms. The molecule has 0 aliphatic heterocycles. The van der Waals surface area contributed by atoms with Crippen molar-refractivity contribution in [2.75, 3.05) is 6.61 Å². The Morgan fingerprint density at radius 2 is 1.46 bits per heavy atom. The van der Waals surface area contributed by atoms with Crippen LogP contribution in [-0.4, -0.2) is 17.7 Å². The Balaban J connectivity index is 1.72. The number of rotatable bonds is 11. The molecule has 0 radical (unpaired) electrons. The maximum absolute atomic E-state index is 14.2. The van der Waals surface area contributed by atoms with E-state index in [4.69, 9.17) is 18.2 Å². The minimum Gasteiger partial charge on any atom is -0.494 e. The van der Waals surface area contributed by atoms with Crippen molar-refractivity contribution >= 4 is 18.9 Å². The maximum Gasteiger partial charge on any atom is 0.371 e. The van der Waals surface area contributed by atoms with E-state index in [1.165, 1.54) is 6.07 Å². The molecule has 0 saturated carbocycles. The normalized spacial score (nSPS) is 11.3. The van der Waals surface area contributed by atoms with Crippen LogP contribution in [0.25, 0.3) is 11.3 Å². The summed E-state index contributed by atoms with van der Waals surface area (Å²) in [5.74, 6) is -0.657. The van der Waals surface area contributed by atoms with Crippen LogP contribution in [-0.2, 0) is 26.8 Å². The zero-order valence-corrected chi connectivity index (χ0v) is 20.0. The number of hydrogen-bond acceptors (Lipinski definition) is 6. The molecule has 0 bridgehead atoms. The van der Waals surface area contributed by atoms with Crippen LogP contribution in [0.2, 0.25) is 0 Å². The molecule has 3 aromatic carbocycles. The molecule has 0 spiro atoms. The number of ether oxygens (including phenoxy) is 1. The van der Waals surface area contributed by atoms with Crippen molar-refractivity contribution in [3.63, 3.8) is 0 Å². The van der Waals surface area contributed by atoms with E-state index >= 15 is 0 Å². The van der Waals surface area contributed by atoms with Gasteiger partial charge in [-0.05, 0) is 48.4 Å². The lowest BCUT2D eigenvalue weighted by Gasteiger charge is -2.20. The molecular weight excluding hydrogens is 467 g/mol. The molecule has 4 aromatic rings.